The molecule has 0 unspecified atom stereocenters. The van der Waals surface area contributed by atoms with Crippen LogP contribution >= 0.6 is 0 Å². The Morgan fingerprint density at radius 1 is 1.12 bits per heavy atom. The zero-order valence-corrected chi connectivity index (χ0v) is 14.7. The number of nitrogens with zero attached hydrogens (tertiary/aromatic N) is 2. The van der Waals surface area contributed by atoms with E-state index in [4.69, 9.17) is 10.5 Å². The molecule has 2 aromatic rings. The van der Waals surface area contributed by atoms with Crippen molar-refractivity contribution in [2.24, 2.45) is 5.73 Å². The number of benzene rings is 1. The molecule has 1 aromatic heterocycles. The van der Waals surface area contributed by atoms with E-state index in [1.54, 1.807) is 24.3 Å². The summed E-state index contributed by atoms with van der Waals surface area (Å²) in [6, 6.07) is 8.42. The summed E-state index contributed by atoms with van der Waals surface area (Å²) in [5.74, 6) is -0.400. The maximum Gasteiger partial charge on any atom is 0.257 e. The first-order chi connectivity index (χ1) is 12.6. The van der Waals surface area contributed by atoms with Crippen LogP contribution in [0.15, 0.2) is 36.5 Å². The fourth-order valence-electron chi connectivity index (χ4n) is 3.03. The molecule has 0 spiro atoms. The molecule has 0 radical (unpaired) electrons. The third-order valence-electron chi connectivity index (χ3n) is 4.43. The lowest BCUT2D eigenvalue weighted by Gasteiger charge is -2.30. The number of amides is 2. The lowest BCUT2D eigenvalue weighted by molar-refractivity contribution is 0.0996. The predicted octanol–water partition coefficient (Wildman–Crippen LogP) is 2.43. The van der Waals surface area contributed by atoms with E-state index in [9.17, 15) is 9.59 Å². The third-order valence-corrected chi connectivity index (χ3v) is 4.43. The summed E-state index contributed by atoms with van der Waals surface area (Å²) in [5.41, 5.74) is 7.62. The SMILES string of the molecule is COc1ccc(C(=O)Nc2cc(C(N)=O)ccc2N2CCCCC2)cn1. The normalized spacial score (nSPS) is 14.0. The topological polar surface area (TPSA) is 97.5 Å². The highest BCUT2D eigenvalue weighted by atomic mass is 16.5. The van der Waals surface area contributed by atoms with Gasteiger partial charge in [0.25, 0.3) is 5.91 Å². The molecule has 3 N–H and O–H groups in total. The number of hydrogen-bond donors (Lipinski definition) is 2. The summed E-state index contributed by atoms with van der Waals surface area (Å²) in [6.07, 6.45) is 4.86. The van der Waals surface area contributed by atoms with E-state index >= 15 is 0 Å². The molecule has 2 heterocycles. The van der Waals surface area contributed by atoms with Crippen molar-refractivity contribution in [1.82, 2.24) is 4.98 Å². The Hall–Kier alpha value is -3.09. The Bertz CT molecular complexity index is 799. The van der Waals surface area contributed by atoms with E-state index in [-0.39, 0.29) is 5.91 Å². The van der Waals surface area contributed by atoms with Crippen molar-refractivity contribution < 1.29 is 14.3 Å². The standard InChI is InChI=1S/C19H22N4O3/c1-26-17-8-6-14(12-21-17)19(25)22-15-11-13(18(20)24)5-7-16(15)23-9-3-2-4-10-23/h5-8,11-12H,2-4,9-10H2,1H3,(H2,20,24)(H,22,25). The van der Waals surface area contributed by atoms with Crippen LogP contribution in [0.4, 0.5) is 11.4 Å². The zero-order valence-electron chi connectivity index (χ0n) is 14.7. The van der Waals surface area contributed by atoms with E-state index in [0.717, 1.165) is 31.6 Å². The molecule has 0 bridgehead atoms. The highest BCUT2D eigenvalue weighted by Gasteiger charge is 2.18. The van der Waals surface area contributed by atoms with Crippen molar-refractivity contribution in [3.8, 4) is 5.88 Å². The molecule has 136 valence electrons. The first-order valence-corrected chi connectivity index (χ1v) is 8.58. The second kappa shape index (κ2) is 7.86. The molecule has 0 saturated carbocycles. The van der Waals surface area contributed by atoms with Crippen LogP contribution in [-0.4, -0.2) is 37.0 Å². The molecule has 1 aliphatic heterocycles. The van der Waals surface area contributed by atoms with Crippen LogP contribution in [0.1, 0.15) is 40.0 Å². The minimum Gasteiger partial charge on any atom is -0.481 e. The van der Waals surface area contributed by atoms with E-state index in [1.165, 1.54) is 19.7 Å². The Labute approximate surface area is 152 Å². The molecule has 1 aliphatic rings. The number of carbonyl (C=O) groups is 2. The number of aromatic nitrogens is 1. The predicted molar refractivity (Wildman–Crippen MR) is 99.8 cm³/mol. The summed E-state index contributed by atoms with van der Waals surface area (Å²) in [6.45, 7) is 1.84. The average Bonchev–Trinajstić information content (AvgIpc) is 2.68. The number of rotatable bonds is 5. The Morgan fingerprint density at radius 3 is 2.46 bits per heavy atom. The largest absolute Gasteiger partial charge is 0.481 e. The summed E-state index contributed by atoms with van der Waals surface area (Å²) in [7, 11) is 1.52. The minimum absolute atomic E-state index is 0.306. The number of piperidine rings is 1. The molecule has 26 heavy (non-hydrogen) atoms. The molecule has 2 amide bonds. The molecule has 3 rings (SSSR count). The van der Waals surface area contributed by atoms with Gasteiger partial charge in [0, 0.05) is 30.9 Å². The molecule has 0 aliphatic carbocycles. The first kappa shape index (κ1) is 17.7. The van der Waals surface area contributed by atoms with Crippen molar-refractivity contribution >= 4 is 23.2 Å². The number of hydrogen-bond acceptors (Lipinski definition) is 5. The van der Waals surface area contributed by atoms with E-state index in [1.807, 2.05) is 6.07 Å². The van der Waals surface area contributed by atoms with Crippen LogP contribution in [0.2, 0.25) is 0 Å². The van der Waals surface area contributed by atoms with Gasteiger partial charge >= 0.3 is 0 Å². The van der Waals surface area contributed by atoms with Gasteiger partial charge in [-0.05, 0) is 43.5 Å². The van der Waals surface area contributed by atoms with Gasteiger partial charge in [-0.2, -0.15) is 0 Å². The molecule has 1 fully saturated rings. The molecule has 0 atom stereocenters. The van der Waals surface area contributed by atoms with E-state index in [0.29, 0.717) is 22.7 Å². The quantitative estimate of drug-likeness (QED) is 0.859. The Balaban J connectivity index is 1.88. The molecule has 7 heteroatoms. The number of nitrogens with two attached hydrogens (primary N) is 1. The lowest BCUT2D eigenvalue weighted by Crippen LogP contribution is -2.30. The smallest absolute Gasteiger partial charge is 0.257 e. The van der Waals surface area contributed by atoms with Gasteiger partial charge in [-0.25, -0.2) is 4.98 Å². The Kier molecular flexibility index (Phi) is 5.36. The van der Waals surface area contributed by atoms with Crippen LogP contribution in [0.3, 0.4) is 0 Å². The monoisotopic (exact) mass is 354 g/mol. The van der Waals surface area contributed by atoms with Crippen molar-refractivity contribution in [3.63, 3.8) is 0 Å². The number of anilines is 2. The first-order valence-electron chi connectivity index (χ1n) is 8.58. The van der Waals surface area contributed by atoms with Crippen molar-refractivity contribution in [3.05, 3.63) is 47.7 Å². The average molecular weight is 354 g/mol. The molecule has 7 nitrogen and oxygen atoms in total. The second-order valence-corrected chi connectivity index (χ2v) is 6.19. The van der Waals surface area contributed by atoms with Crippen molar-refractivity contribution in [1.29, 1.82) is 0 Å². The van der Waals surface area contributed by atoms with Gasteiger partial charge < -0.3 is 20.7 Å². The minimum atomic E-state index is -0.531. The van der Waals surface area contributed by atoms with Gasteiger partial charge in [0.15, 0.2) is 0 Å². The zero-order chi connectivity index (χ0) is 18.5. The van der Waals surface area contributed by atoms with Crippen LogP contribution < -0.4 is 20.7 Å². The number of ether oxygens (including phenoxy) is 1. The van der Waals surface area contributed by atoms with Crippen LogP contribution in [-0.2, 0) is 0 Å². The Morgan fingerprint density at radius 2 is 1.85 bits per heavy atom. The highest BCUT2D eigenvalue weighted by molar-refractivity contribution is 6.07. The third kappa shape index (κ3) is 3.93. The van der Waals surface area contributed by atoms with Crippen LogP contribution in [0.5, 0.6) is 5.88 Å². The van der Waals surface area contributed by atoms with E-state index < -0.39 is 5.91 Å². The number of nitrogens with one attached hydrogen (secondary N) is 1. The van der Waals surface area contributed by atoms with Gasteiger partial charge in [0.1, 0.15) is 0 Å². The second-order valence-electron chi connectivity index (χ2n) is 6.19. The fraction of sp³-hybridized carbons (Fsp3) is 0.316. The summed E-state index contributed by atoms with van der Waals surface area (Å²) >= 11 is 0. The highest BCUT2D eigenvalue weighted by Crippen LogP contribution is 2.30. The van der Waals surface area contributed by atoms with Gasteiger partial charge in [-0.3, -0.25) is 9.59 Å². The molecule has 1 aromatic carbocycles. The summed E-state index contributed by atoms with van der Waals surface area (Å²) in [5, 5.41) is 2.89. The van der Waals surface area contributed by atoms with Crippen LogP contribution in [0, 0.1) is 0 Å². The summed E-state index contributed by atoms with van der Waals surface area (Å²) in [4.78, 5) is 30.4. The fourth-order valence-corrected chi connectivity index (χ4v) is 3.03. The van der Waals surface area contributed by atoms with Gasteiger partial charge in [-0.15, -0.1) is 0 Å². The number of methoxy groups -OCH3 is 1. The van der Waals surface area contributed by atoms with Gasteiger partial charge in [0.2, 0.25) is 11.8 Å². The van der Waals surface area contributed by atoms with Crippen LogP contribution in [0.25, 0.3) is 0 Å². The summed E-state index contributed by atoms with van der Waals surface area (Å²) < 4.78 is 5.01. The number of carbonyl (C=O) groups excluding carboxylic acids is 2. The van der Waals surface area contributed by atoms with Crippen molar-refractivity contribution in [2.45, 2.75) is 19.3 Å². The van der Waals surface area contributed by atoms with E-state index in [2.05, 4.69) is 15.2 Å². The maximum absolute atomic E-state index is 12.6. The molecular weight excluding hydrogens is 332 g/mol. The lowest BCUT2D eigenvalue weighted by atomic mass is 10.1. The van der Waals surface area contributed by atoms with Gasteiger partial charge in [0.05, 0.1) is 24.0 Å². The number of pyridine rings is 1. The molecular formula is C19H22N4O3. The maximum atomic E-state index is 12.6. The van der Waals surface area contributed by atoms with Crippen molar-refractivity contribution in [2.75, 3.05) is 30.4 Å². The number of primary amides is 1. The van der Waals surface area contributed by atoms with Gasteiger partial charge in [-0.1, -0.05) is 0 Å². The molecule has 1 saturated heterocycles.